The van der Waals surface area contributed by atoms with Crippen molar-refractivity contribution in [2.45, 2.75) is 50.7 Å². The van der Waals surface area contributed by atoms with Gasteiger partial charge in [-0.2, -0.15) is 0 Å². The third kappa shape index (κ3) is 2.68. The van der Waals surface area contributed by atoms with Gasteiger partial charge in [-0.3, -0.25) is 0 Å². The van der Waals surface area contributed by atoms with Crippen molar-refractivity contribution in [3.05, 3.63) is 29.8 Å². The molecule has 3 nitrogen and oxygen atoms in total. The molecule has 1 aromatic rings. The second-order valence-electron chi connectivity index (χ2n) is 5.17. The van der Waals surface area contributed by atoms with Gasteiger partial charge in [-0.25, -0.2) is 0 Å². The van der Waals surface area contributed by atoms with Crippen LogP contribution in [0.25, 0.3) is 0 Å². The van der Waals surface area contributed by atoms with Crippen LogP contribution in [-0.4, -0.2) is 17.3 Å². The molecule has 1 unspecified atom stereocenters. The summed E-state index contributed by atoms with van der Waals surface area (Å²) in [5, 5.41) is 10.6. The average Bonchev–Trinajstić information content (AvgIpc) is 2.40. The molecule has 0 bridgehead atoms. The lowest BCUT2D eigenvalue weighted by atomic mass is 9.76. The summed E-state index contributed by atoms with van der Waals surface area (Å²) in [5.74, 6) is 0.753. The Bertz CT molecular complexity index is 386. The minimum absolute atomic E-state index is 0.495. The van der Waals surface area contributed by atoms with Gasteiger partial charge >= 0.3 is 0 Å². The van der Waals surface area contributed by atoms with Crippen LogP contribution in [0.5, 0.6) is 5.75 Å². The molecule has 0 heterocycles. The van der Waals surface area contributed by atoms with Gasteiger partial charge in [0.1, 0.15) is 11.9 Å². The van der Waals surface area contributed by atoms with Gasteiger partial charge in [0.15, 0.2) is 0 Å². The van der Waals surface area contributed by atoms with E-state index in [1.54, 1.807) is 0 Å². The van der Waals surface area contributed by atoms with Crippen molar-refractivity contribution in [3.63, 3.8) is 0 Å². The molecule has 0 spiro atoms. The van der Waals surface area contributed by atoms with E-state index in [0.717, 1.165) is 37.0 Å². The Hall–Kier alpha value is -1.06. The summed E-state index contributed by atoms with van der Waals surface area (Å²) in [6.07, 6.45) is 4.55. The molecule has 3 heteroatoms. The SMILES string of the molecule is CCOc1ccccc1C(O)C1(N)CCCCC1. The fraction of sp³-hybridized carbons (Fsp3) is 0.600. The Morgan fingerprint density at radius 3 is 2.61 bits per heavy atom. The maximum atomic E-state index is 10.6. The second kappa shape index (κ2) is 5.72. The zero-order chi connectivity index (χ0) is 13.0. The first-order valence-corrected chi connectivity index (χ1v) is 6.86. The van der Waals surface area contributed by atoms with Crippen LogP contribution in [0.3, 0.4) is 0 Å². The lowest BCUT2D eigenvalue weighted by molar-refractivity contribution is 0.0562. The van der Waals surface area contributed by atoms with Crippen molar-refractivity contribution < 1.29 is 9.84 Å². The van der Waals surface area contributed by atoms with Gasteiger partial charge in [0, 0.05) is 11.1 Å². The monoisotopic (exact) mass is 249 g/mol. The van der Waals surface area contributed by atoms with Crippen LogP contribution in [0.4, 0.5) is 0 Å². The summed E-state index contributed by atoms with van der Waals surface area (Å²) in [5.41, 5.74) is 6.72. The molecule has 1 aromatic carbocycles. The molecule has 1 fully saturated rings. The molecular formula is C15H23NO2. The quantitative estimate of drug-likeness (QED) is 0.862. The van der Waals surface area contributed by atoms with Crippen LogP contribution in [0.15, 0.2) is 24.3 Å². The summed E-state index contributed by atoms with van der Waals surface area (Å²) < 4.78 is 5.58. The first-order chi connectivity index (χ1) is 8.67. The number of nitrogens with two attached hydrogens (primary N) is 1. The van der Waals surface area contributed by atoms with E-state index in [4.69, 9.17) is 10.5 Å². The Labute approximate surface area is 109 Å². The fourth-order valence-corrected chi connectivity index (χ4v) is 2.79. The van der Waals surface area contributed by atoms with E-state index in [9.17, 15) is 5.11 Å². The minimum Gasteiger partial charge on any atom is -0.493 e. The van der Waals surface area contributed by atoms with Gasteiger partial charge < -0.3 is 15.6 Å². The first-order valence-electron chi connectivity index (χ1n) is 6.86. The normalized spacial score (nSPS) is 20.4. The third-order valence-corrected chi connectivity index (χ3v) is 3.84. The number of benzene rings is 1. The predicted molar refractivity (Wildman–Crippen MR) is 72.6 cm³/mol. The van der Waals surface area contributed by atoms with Crippen molar-refractivity contribution in [3.8, 4) is 5.75 Å². The van der Waals surface area contributed by atoms with E-state index in [-0.39, 0.29) is 0 Å². The van der Waals surface area contributed by atoms with E-state index in [1.807, 2.05) is 31.2 Å². The van der Waals surface area contributed by atoms with Crippen LogP contribution in [0, 0.1) is 0 Å². The predicted octanol–water partition coefficient (Wildman–Crippen LogP) is 2.78. The van der Waals surface area contributed by atoms with Crippen LogP contribution >= 0.6 is 0 Å². The number of hydrogen-bond donors (Lipinski definition) is 2. The van der Waals surface area contributed by atoms with Gasteiger partial charge in [-0.15, -0.1) is 0 Å². The molecule has 3 N–H and O–H groups in total. The molecule has 0 radical (unpaired) electrons. The Morgan fingerprint density at radius 1 is 1.28 bits per heavy atom. The molecule has 0 aliphatic heterocycles. The molecule has 18 heavy (non-hydrogen) atoms. The van der Waals surface area contributed by atoms with E-state index in [0.29, 0.717) is 6.61 Å². The fourth-order valence-electron chi connectivity index (χ4n) is 2.79. The second-order valence-corrected chi connectivity index (χ2v) is 5.17. The van der Waals surface area contributed by atoms with E-state index < -0.39 is 11.6 Å². The topological polar surface area (TPSA) is 55.5 Å². The summed E-state index contributed by atoms with van der Waals surface area (Å²) in [7, 11) is 0. The zero-order valence-corrected chi connectivity index (χ0v) is 11.1. The molecule has 0 aromatic heterocycles. The highest BCUT2D eigenvalue weighted by Gasteiger charge is 2.37. The maximum Gasteiger partial charge on any atom is 0.125 e. The van der Waals surface area contributed by atoms with Crippen LogP contribution < -0.4 is 10.5 Å². The first kappa shape index (κ1) is 13.4. The van der Waals surface area contributed by atoms with Crippen LogP contribution in [0.2, 0.25) is 0 Å². The smallest absolute Gasteiger partial charge is 0.125 e. The molecule has 0 amide bonds. The van der Waals surface area contributed by atoms with Crippen LogP contribution in [-0.2, 0) is 0 Å². The van der Waals surface area contributed by atoms with Crippen molar-refractivity contribution >= 4 is 0 Å². The Morgan fingerprint density at radius 2 is 1.94 bits per heavy atom. The molecule has 1 aliphatic rings. The molecule has 2 rings (SSSR count). The zero-order valence-electron chi connectivity index (χ0n) is 11.1. The lowest BCUT2D eigenvalue weighted by Crippen LogP contribution is -2.47. The third-order valence-electron chi connectivity index (χ3n) is 3.84. The number of aliphatic hydroxyl groups is 1. The van der Waals surface area contributed by atoms with Crippen molar-refractivity contribution in [2.24, 2.45) is 5.73 Å². The molecule has 1 saturated carbocycles. The van der Waals surface area contributed by atoms with Crippen LogP contribution in [0.1, 0.15) is 50.7 Å². The van der Waals surface area contributed by atoms with Crippen molar-refractivity contribution in [1.82, 2.24) is 0 Å². The van der Waals surface area contributed by atoms with Crippen molar-refractivity contribution in [2.75, 3.05) is 6.61 Å². The van der Waals surface area contributed by atoms with E-state index in [2.05, 4.69) is 0 Å². The maximum absolute atomic E-state index is 10.6. The van der Waals surface area contributed by atoms with E-state index >= 15 is 0 Å². The Kier molecular flexibility index (Phi) is 4.25. The van der Waals surface area contributed by atoms with Crippen molar-refractivity contribution in [1.29, 1.82) is 0 Å². The van der Waals surface area contributed by atoms with Gasteiger partial charge in [-0.1, -0.05) is 37.5 Å². The standard InChI is InChI=1S/C15H23NO2/c1-2-18-13-9-5-4-8-12(13)14(17)15(16)10-6-3-7-11-15/h4-5,8-9,14,17H,2-3,6-7,10-11,16H2,1H3. The molecular weight excluding hydrogens is 226 g/mol. The highest BCUT2D eigenvalue weighted by molar-refractivity contribution is 5.37. The highest BCUT2D eigenvalue weighted by Crippen LogP contribution is 2.39. The number of hydrogen-bond acceptors (Lipinski definition) is 3. The van der Waals surface area contributed by atoms with Gasteiger partial charge in [0.25, 0.3) is 0 Å². The number of aliphatic hydroxyl groups excluding tert-OH is 1. The summed E-state index contributed by atoms with van der Waals surface area (Å²) in [4.78, 5) is 0. The minimum atomic E-state index is -0.638. The number of para-hydroxylation sites is 1. The van der Waals surface area contributed by atoms with Gasteiger partial charge in [0.05, 0.1) is 6.61 Å². The van der Waals surface area contributed by atoms with Gasteiger partial charge in [-0.05, 0) is 25.8 Å². The molecule has 1 atom stereocenters. The number of ether oxygens (including phenoxy) is 1. The number of rotatable bonds is 4. The molecule has 1 aliphatic carbocycles. The molecule has 0 saturated heterocycles. The van der Waals surface area contributed by atoms with E-state index in [1.165, 1.54) is 6.42 Å². The van der Waals surface area contributed by atoms with Gasteiger partial charge in [0.2, 0.25) is 0 Å². The largest absolute Gasteiger partial charge is 0.493 e. The lowest BCUT2D eigenvalue weighted by Gasteiger charge is -2.38. The summed E-state index contributed by atoms with van der Waals surface area (Å²) in [6.45, 7) is 2.54. The summed E-state index contributed by atoms with van der Waals surface area (Å²) >= 11 is 0. The molecule has 100 valence electrons. The average molecular weight is 249 g/mol. The summed E-state index contributed by atoms with van der Waals surface area (Å²) in [6, 6.07) is 7.66. The Balaban J connectivity index is 2.24. The highest BCUT2D eigenvalue weighted by atomic mass is 16.5.